The van der Waals surface area contributed by atoms with Gasteiger partial charge in [0.15, 0.2) is 10.9 Å². The van der Waals surface area contributed by atoms with E-state index in [9.17, 15) is 9.59 Å². The lowest BCUT2D eigenvalue weighted by Crippen LogP contribution is -2.16. The molecule has 3 rings (SSSR count). The number of benzene rings is 2. The number of Topliss-reactive ketones (excluding diaryl/α,β-unsaturated/α-hetero) is 1. The summed E-state index contributed by atoms with van der Waals surface area (Å²) in [6.07, 6.45) is 0. The van der Waals surface area contributed by atoms with E-state index in [2.05, 4.69) is 15.5 Å². The second-order valence-electron chi connectivity index (χ2n) is 6.09. The van der Waals surface area contributed by atoms with Crippen LogP contribution in [-0.4, -0.2) is 32.2 Å². The van der Waals surface area contributed by atoms with Gasteiger partial charge in [-0.05, 0) is 44.5 Å². The van der Waals surface area contributed by atoms with Crippen molar-refractivity contribution in [3.8, 4) is 5.69 Å². The highest BCUT2D eigenvalue weighted by molar-refractivity contribution is 7.99. The average molecular weight is 380 g/mol. The third-order valence-corrected chi connectivity index (χ3v) is 4.99. The molecule has 0 bridgehead atoms. The quantitative estimate of drug-likeness (QED) is 0.520. The van der Waals surface area contributed by atoms with Crippen LogP contribution in [0.25, 0.3) is 5.69 Å². The first kappa shape index (κ1) is 18.8. The Labute approximate surface area is 162 Å². The van der Waals surface area contributed by atoms with Gasteiger partial charge in [0.2, 0.25) is 5.91 Å². The number of carbonyl (C=O) groups is 2. The molecule has 0 saturated heterocycles. The Bertz CT molecular complexity index is 997. The lowest BCUT2D eigenvalue weighted by molar-refractivity contribution is -0.113. The number of anilines is 1. The number of hydrogen-bond donors (Lipinski definition) is 1. The first-order chi connectivity index (χ1) is 13.0. The fourth-order valence-electron chi connectivity index (χ4n) is 2.74. The van der Waals surface area contributed by atoms with Crippen molar-refractivity contribution in [2.75, 3.05) is 11.1 Å². The number of aromatic nitrogens is 3. The van der Waals surface area contributed by atoms with Crippen LogP contribution in [0.3, 0.4) is 0 Å². The molecule has 0 unspecified atom stereocenters. The SMILES string of the molecule is CC(=O)c1ccccc1NC(=O)CSc1nnc(C)n1-c1ccccc1C. The van der Waals surface area contributed by atoms with Gasteiger partial charge in [-0.2, -0.15) is 0 Å². The third kappa shape index (κ3) is 4.25. The molecule has 0 aliphatic carbocycles. The van der Waals surface area contributed by atoms with E-state index in [4.69, 9.17) is 0 Å². The number of nitrogens with zero attached hydrogens (tertiary/aromatic N) is 3. The molecule has 1 N–H and O–H groups in total. The Morgan fingerprint density at radius 1 is 1.04 bits per heavy atom. The molecule has 7 heteroatoms. The number of hydrogen-bond acceptors (Lipinski definition) is 5. The van der Waals surface area contributed by atoms with E-state index in [0.29, 0.717) is 16.4 Å². The summed E-state index contributed by atoms with van der Waals surface area (Å²) in [7, 11) is 0. The Morgan fingerprint density at radius 3 is 2.48 bits per heavy atom. The van der Waals surface area contributed by atoms with Crippen LogP contribution >= 0.6 is 11.8 Å². The molecule has 1 aromatic heterocycles. The molecule has 6 nitrogen and oxygen atoms in total. The summed E-state index contributed by atoms with van der Waals surface area (Å²) in [4.78, 5) is 24.1. The molecule has 3 aromatic rings. The predicted octanol–water partition coefficient (Wildman–Crippen LogP) is 3.82. The largest absolute Gasteiger partial charge is 0.325 e. The number of para-hydroxylation sites is 2. The first-order valence-corrected chi connectivity index (χ1v) is 9.46. The van der Waals surface area contributed by atoms with Gasteiger partial charge in [0.25, 0.3) is 0 Å². The minimum absolute atomic E-state index is 0.0894. The van der Waals surface area contributed by atoms with E-state index >= 15 is 0 Å². The minimum Gasteiger partial charge on any atom is -0.325 e. The standard InChI is InChI=1S/C20H20N4O2S/c1-13-8-4-7-11-18(13)24-15(3)22-23-20(24)27-12-19(26)21-17-10-6-5-9-16(17)14(2)25/h4-11H,12H2,1-3H3,(H,21,26). The van der Waals surface area contributed by atoms with Gasteiger partial charge in [0.1, 0.15) is 5.82 Å². The van der Waals surface area contributed by atoms with Crippen LogP contribution < -0.4 is 5.32 Å². The van der Waals surface area contributed by atoms with Gasteiger partial charge in [-0.3, -0.25) is 14.2 Å². The Hall–Kier alpha value is -2.93. The molecular formula is C20H20N4O2S. The average Bonchev–Trinajstić information content (AvgIpc) is 3.01. The summed E-state index contributed by atoms with van der Waals surface area (Å²) >= 11 is 1.31. The van der Waals surface area contributed by atoms with Crippen molar-refractivity contribution in [2.45, 2.75) is 25.9 Å². The molecule has 0 fully saturated rings. The zero-order valence-corrected chi connectivity index (χ0v) is 16.2. The minimum atomic E-state index is -0.203. The highest BCUT2D eigenvalue weighted by Gasteiger charge is 2.15. The molecular weight excluding hydrogens is 360 g/mol. The summed E-state index contributed by atoms with van der Waals surface area (Å²) in [5.41, 5.74) is 3.11. The second kappa shape index (κ2) is 8.18. The van der Waals surface area contributed by atoms with Crippen LogP contribution in [0.1, 0.15) is 28.7 Å². The zero-order chi connectivity index (χ0) is 19.4. The van der Waals surface area contributed by atoms with Crippen LogP contribution in [0.2, 0.25) is 0 Å². The van der Waals surface area contributed by atoms with Crippen molar-refractivity contribution in [3.05, 3.63) is 65.5 Å². The van der Waals surface area contributed by atoms with E-state index < -0.39 is 0 Å². The molecule has 138 valence electrons. The molecule has 0 atom stereocenters. The van der Waals surface area contributed by atoms with E-state index in [-0.39, 0.29) is 17.4 Å². The summed E-state index contributed by atoms with van der Waals surface area (Å²) in [5, 5.41) is 11.8. The number of amides is 1. The van der Waals surface area contributed by atoms with Gasteiger partial charge in [-0.25, -0.2) is 0 Å². The summed E-state index contributed by atoms with van der Waals surface area (Å²) in [6, 6.07) is 14.9. The fraction of sp³-hybridized carbons (Fsp3) is 0.200. The molecule has 0 aliphatic rings. The lowest BCUT2D eigenvalue weighted by Gasteiger charge is -2.11. The van der Waals surface area contributed by atoms with Gasteiger partial charge in [-0.1, -0.05) is 42.1 Å². The number of ketones is 1. The van der Waals surface area contributed by atoms with Crippen molar-refractivity contribution in [3.63, 3.8) is 0 Å². The number of thioether (sulfide) groups is 1. The molecule has 27 heavy (non-hydrogen) atoms. The van der Waals surface area contributed by atoms with Gasteiger partial charge in [0, 0.05) is 5.56 Å². The van der Waals surface area contributed by atoms with Crippen LogP contribution in [0, 0.1) is 13.8 Å². The predicted molar refractivity (Wildman–Crippen MR) is 107 cm³/mol. The molecule has 1 heterocycles. The summed E-state index contributed by atoms with van der Waals surface area (Å²) < 4.78 is 1.94. The van der Waals surface area contributed by atoms with Crippen molar-refractivity contribution in [1.82, 2.24) is 14.8 Å². The number of nitrogens with one attached hydrogen (secondary N) is 1. The smallest absolute Gasteiger partial charge is 0.234 e. The molecule has 0 spiro atoms. The van der Waals surface area contributed by atoms with Crippen LogP contribution in [0.15, 0.2) is 53.7 Å². The van der Waals surface area contributed by atoms with Crippen LogP contribution in [0.4, 0.5) is 5.69 Å². The van der Waals surface area contributed by atoms with Crippen molar-refractivity contribution >= 4 is 29.1 Å². The lowest BCUT2D eigenvalue weighted by atomic mass is 10.1. The van der Waals surface area contributed by atoms with Gasteiger partial charge >= 0.3 is 0 Å². The maximum Gasteiger partial charge on any atom is 0.234 e. The maximum atomic E-state index is 12.4. The summed E-state index contributed by atoms with van der Waals surface area (Å²) in [6.45, 7) is 5.38. The highest BCUT2D eigenvalue weighted by atomic mass is 32.2. The zero-order valence-electron chi connectivity index (χ0n) is 15.4. The van der Waals surface area contributed by atoms with E-state index in [1.165, 1.54) is 18.7 Å². The molecule has 1 amide bonds. The van der Waals surface area contributed by atoms with Crippen LogP contribution in [-0.2, 0) is 4.79 Å². The number of rotatable bonds is 6. The molecule has 2 aromatic carbocycles. The number of aryl methyl sites for hydroxylation is 2. The van der Waals surface area contributed by atoms with Crippen molar-refractivity contribution in [2.24, 2.45) is 0 Å². The summed E-state index contributed by atoms with van der Waals surface area (Å²) in [5.74, 6) is 0.629. The van der Waals surface area contributed by atoms with E-state index in [0.717, 1.165) is 17.1 Å². The molecule has 0 saturated carbocycles. The Morgan fingerprint density at radius 2 is 1.74 bits per heavy atom. The van der Waals surface area contributed by atoms with Crippen molar-refractivity contribution in [1.29, 1.82) is 0 Å². The van der Waals surface area contributed by atoms with E-state index in [1.54, 1.807) is 24.3 Å². The molecule has 0 aliphatic heterocycles. The third-order valence-electron chi connectivity index (χ3n) is 4.06. The van der Waals surface area contributed by atoms with Gasteiger partial charge in [-0.15, -0.1) is 10.2 Å². The Balaban J connectivity index is 1.74. The van der Waals surface area contributed by atoms with Crippen LogP contribution in [0.5, 0.6) is 0 Å². The maximum absolute atomic E-state index is 12.4. The fourth-order valence-corrected chi connectivity index (χ4v) is 3.53. The topological polar surface area (TPSA) is 76.9 Å². The highest BCUT2D eigenvalue weighted by Crippen LogP contribution is 2.24. The first-order valence-electron chi connectivity index (χ1n) is 8.48. The Kier molecular flexibility index (Phi) is 5.71. The molecule has 0 radical (unpaired) electrons. The van der Waals surface area contributed by atoms with Gasteiger partial charge in [0.05, 0.1) is 17.1 Å². The second-order valence-corrected chi connectivity index (χ2v) is 7.03. The van der Waals surface area contributed by atoms with Crippen molar-refractivity contribution < 1.29 is 9.59 Å². The monoisotopic (exact) mass is 380 g/mol. The van der Waals surface area contributed by atoms with Gasteiger partial charge < -0.3 is 5.32 Å². The normalized spacial score (nSPS) is 10.6. The number of carbonyl (C=O) groups excluding carboxylic acids is 2. The van der Waals surface area contributed by atoms with E-state index in [1.807, 2.05) is 42.7 Å².